The van der Waals surface area contributed by atoms with Gasteiger partial charge in [-0.3, -0.25) is 4.72 Å². The minimum Gasteiger partial charge on any atom is -0.478 e. The lowest BCUT2D eigenvalue weighted by molar-refractivity contribution is 0.0697. The summed E-state index contributed by atoms with van der Waals surface area (Å²) in [5, 5.41) is 13.3. The van der Waals surface area contributed by atoms with Crippen molar-refractivity contribution in [2.45, 2.75) is 23.3 Å². The van der Waals surface area contributed by atoms with Crippen LogP contribution in [0.4, 0.5) is 11.4 Å². The van der Waals surface area contributed by atoms with Crippen molar-refractivity contribution in [3.63, 3.8) is 0 Å². The molecule has 0 unspecified atom stereocenters. The van der Waals surface area contributed by atoms with Crippen LogP contribution in [0.5, 0.6) is 0 Å². The van der Waals surface area contributed by atoms with Crippen LogP contribution in [0, 0.1) is 5.92 Å². The number of halogens is 2. The number of nitrogens with one attached hydrogen (secondary N) is 2. The minimum atomic E-state index is -3.89. The molecule has 1 aliphatic heterocycles. The molecule has 1 heterocycles. The second-order valence-corrected chi connectivity index (χ2v) is 10.9. The smallest absolute Gasteiger partial charge is 0.335 e. The lowest BCUT2D eigenvalue weighted by Crippen LogP contribution is -2.29. The van der Waals surface area contributed by atoms with E-state index in [2.05, 4.69) is 22.2 Å². The second kappa shape index (κ2) is 8.65. The number of carbonyl (C=O) groups is 1. The summed E-state index contributed by atoms with van der Waals surface area (Å²) < 4.78 is 28.8. The number of benzene rings is 3. The third kappa shape index (κ3) is 4.15. The fourth-order valence-corrected chi connectivity index (χ4v) is 6.18. The molecule has 0 spiro atoms. The third-order valence-electron chi connectivity index (χ3n) is 6.33. The van der Waals surface area contributed by atoms with E-state index in [1.54, 1.807) is 36.4 Å². The molecule has 0 saturated carbocycles. The van der Waals surface area contributed by atoms with Gasteiger partial charge in [0.25, 0.3) is 10.0 Å². The summed E-state index contributed by atoms with van der Waals surface area (Å²) >= 11 is 12.1. The predicted molar refractivity (Wildman–Crippen MR) is 133 cm³/mol. The Morgan fingerprint density at radius 3 is 2.53 bits per heavy atom. The maximum absolute atomic E-state index is 13.1. The van der Waals surface area contributed by atoms with Crippen molar-refractivity contribution in [1.82, 2.24) is 0 Å². The van der Waals surface area contributed by atoms with E-state index in [1.807, 2.05) is 12.1 Å². The van der Waals surface area contributed by atoms with E-state index in [1.165, 1.54) is 12.1 Å². The van der Waals surface area contributed by atoms with Crippen LogP contribution < -0.4 is 10.0 Å². The SMILES string of the molecule is O=C(O)c1ccc([C@@H]2Nc3ccc(S(=O)(=O)Nc4cc(Cl)ccc4Cl)cc3[C@@H]3C=CC[C@@H]32)cc1. The molecule has 3 aromatic carbocycles. The van der Waals surface area contributed by atoms with Gasteiger partial charge in [-0.1, -0.05) is 47.5 Å². The molecule has 5 rings (SSSR count). The number of aromatic carboxylic acids is 1. The topological polar surface area (TPSA) is 95.5 Å². The second-order valence-electron chi connectivity index (χ2n) is 8.38. The highest BCUT2D eigenvalue weighted by Crippen LogP contribution is 2.50. The molecule has 0 bridgehead atoms. The third-order valence-corrected chi connectivity index (χ3v) is 8.26. The Bertz CT molecular complexity index is 1420. The normalized spacial score (nSPS) is 20.8. The Hall–Kier alpha value is -3.00. The highest BCUT2D eigenvalue weighted by atomic mass is 35.5. The average Bonchev–Trinajstić information content (AvgIpc) is 3.31. The summed E-state index contributed by atoms with van der Waals surface area (Å²) in [6.07, 6.45) is 5.05. The van der Waals surface area contributed by atoms with Crippen LogP contribution in [0.25, 0.3) is 0 Å². The van der Waals surface area contributed by atoms with Crippen molar-refractivity contribution in [3.8, 4) is 0 Å². The Balaban J connectivity index is 1.47. The lowest BCUT2D eigenvalue weighted by Gasteiger charge is -2.37. The first-order chi connectivity index (χ1) is 16.2. The molecule has 174 valence electrons. The lowest BCUT2D eigenvalue weighted by atomic mass is 9.77. The molecule has 0 saturated heterocycles. The van der Waals surface area contributed by atoms with Gasteiger partial charge >= 0.3 is 5.97 Å². The number of allylic oxidation sites excluding steroid dienone is 2. The van der Waals surface area contributed by atoms with E-state index < -0.39 is 16.0 Å². The molecule has 0 aromatic heterocycles. The first-order valence-electron chi connectivity index (χ1n) is 10.6. The van der Waals surface area contributed by atoms with Crippen molar-refractivity contribution in [2.24, 2.45) is 5.92 Å². The number of sulfonamides is 1. The van der Waals surface area contributed by atoms with Gasteiger partial charge in [0.15, 0.2) is 0 Å². The van der Waals surface area contributed by atoms with Crippen LogP contribution in [-0.2, 0) is 10.0 Å². The Morgan fingerprint density at radius 2 is 1.79 bits per heavy atom. The largest absolute Gasteiger partial charge is 0.478 e. The van der Waals surface area contributed by atoms with Crippen LogP contribution in [-0.4, -0.2) is 19.5 Å². The molecule has 2 aliphatic rings. The Labute approximate surface area is 207 Å². The van der Waals surface area contributed by atoms with E-state index in [-0.39, 0.29) is 39.0 Å². The van der Waals surface area contributed by atoms with Crippen molar-refractivity contribution >= 4 is 50.6 Å². The number of hydrogen-bond acceptors (Lipinski definition) is 4. The fraction of sp³-hybridized carbons (Fsp3) is 0.160. The standard InChI is InChI=1S/C25H20Cl2N2O4S/c26-16-8-10-21(27)23(12-16)29-34(32,33)17-9-11-22-20(13-17)18-2-1-3-19(18)24(28-22)14-4-6-15(7-5-14)25(30)31/h1-2,4-13,18-19,24,28-29H,3H2,(H,30,31)/t18-,19+,24+/m1/s1. The van der Waals surface area contributed by atoms with E-state index in [4.69, 9.17) is 23.2 Å². The summed E-state index contributed by atoms with van der Waals surface area (Å²) in [6.45, 7) is 0. The number of fused-ring (bicyclic) bond motifs is 3. The molecule has 9 heteroatoms. The van der Waals surface area contributed by atoms with E-state index in [0.29, 0.717) is 5.02 Å². The van der Waals surface area contributed by atoms with Gasteiger partial charge in [-0.25, -0.2) is 13.2 Å². The summed E-state index contributed by atoms with van der Waals surface area (Å²) in [5.74, 6) is -0.753. The molecular weight excluding hydrogens is 495 g/mol. The maximum Gasteiger partial charge on any atom is 0.335 e. The molecule has 3 atom stereocenters. The molecule has 3 aromatic rings. The van der Waals surface area contributed by atoms with E-state index in [9.17, 15) is 18.3 Å². The van der Waals surface area contributed by atoms with Crippen LogP contribution in [0.1, 0.15) is 39.9 Å². The Morgan fingerprint density at radius 1 is 1.03 bits per heavy atom. The summed E-state index contributed by atoms with van der Waals surface area (Å²) in [4.78, 5) is 11.3. The molecule has 0 radical (unpaired) electrons. The average molecular weight is 515 g/mol. The van der Waals surface area contributed by atoms with Crippen molar-refractivity contribution in [2.75, 3.05) is 10.0 Å². The first-order valence-corrected chi connectivity index (χ1v) is 12.8. The summed E-state index contributed by atoms with van der Waals surface area (Å²) in [7, 11) is -3.89. The van der Waals surface area contributed by atoms with Gasteiger partial charge in [-0.15, -0.1) is 0 Å². The molecule has 0 fully saturated rings. The van der Waals surface area contributed by atoms with Gasteiger partial charge < -0.3 is 10.4 Å². The Kier molecular flexibility index (Phi) is 5.80. The van der Waals surface area contributed by atoms with Gasteiger partial charge in [0.05, 0.1) is 27.2 Å². The van der Waals surface area contributed by atoms with Crippen LogP contribution in [0.3, 0.4) is 0 Å². The molecule has 1 aliphatic carbocycles. The van der Waals surface area contributed by atoms with Crippen molar-refractivity contribution < 1.29 is 18.3 Å². The monoisotopic (exact) mass is 514 g/mol. The van der Waals surface area contributed by atoms with Gasteiger partial charge in [-0.05, 0) is 72.0 Å². The number of rotatable bonds is 5. The quantitative estimate of drug-likeness (QED) is 0.346. The number of carboxylic acids is 1. The summed E-state index contributed by atoms with van der Waals surface area (Å²) in [5.41, 5.74) is 3.19. The molecule has 34 heavy (non-hydrogen) atoms. The predicted octanol–water partition coefficient (Wildman–Crippen LogP) is 6.32. The highest BCUT2D eigenvalue weighted by molar-refractivity contribution is 7.92. The van der Waals surface area contributed by atoms with Gasteiger partial charge in [-0.2, -0.15) is 0 Å². The van der Waals surface area contributed by atoms with E-state index >= 15 is 0 Å². The number of anilines is 2. The zero-order valence-corrected chi connectivity index (χ0v) is 20.0. The molecule has 0 amide bonds. The van der Waals surface area contributed by atoms with Gasteiger partial charge in [0.2, 0.25) is 0 Å². The van der Waals surface area contributed by atoms with Crippen molar-refractivity contribution in [3.05, 3.63) is 99.6 Å². The maximum atomic E-state index is 13.1. The van der Waals surface area contributed by atoms with Crippen LogP contribution in [0.15, 0.2) is 77.7 Å². The van der Waals surface area contributed by atoms with Gasteiger partial charge in [0.1, 0.15) is 0 Å². The fourth-order valence-electron chi connectivity index (χ4n) is 4.68. The number of hydrogen-bond donors (Lipinski definition) is 3. The zero-order chi connectivity index (χ0) is 24.0. The first kappa shape index (κ1) is 22.8. The van der Waals surface area contributed by atoms with E-state index in [0.717, 1.165) is 23.2 Å². The van der Waals surface area contributed by atoms with Crippen LogP contribution >= 0.6 is 23.2 Å². The highest BCUT2D eigenvalue weighted by Gasteiger charge is 2.38. The molecule has 3 N–H and O–H groups in total. The molecular formula is C25H20Cl2N2O4S. The number of carboxylic acid groups (broad SMARTS) is 1. The molecule has 6 nitrogen and oxygen atoms in total. The summed E-state index contributed by atoms with van der Waals surface area (Å²) in [6, 6.07) is 16.5. The zero-order valence-electron chi connectivity index (χ0n) is 17.7. The van der Waals surface area contributed by atoms with Crippen LogP contribution in [0.2, 0.25) is 10.0 Å². The van der Waals surface area contributed by atoms with Gasteiger partial charge in [0, 0.05) is 16.6 Å². The minimum absolute atomic E-state index is 0.0267. The van der Waals surface area contributed by atoms with Crippen molar-refractivity contribution in [1.29, 1.82) is 0 Å².